The number of carboxylic acid groups (broad SMARTS) is 1. The number of carbonyl (C=O) groups excluding carboxylic acids is 2. The normalized spacial score (nSPS) is 23.1. The van der Waals surface area contributed by atoms with Crippen molar-refractivity contribution in [2.45, 2.75) is 49.1 Å². The van der Waals surface area contributed by atoms with Gasteiger partial charge in [-0.05, 0) is 61.1 Å². The molecule has 38 heavy (non-hydrogen) atoms. The van der Waals surface area contributed by atoms with E-state index in [0.29, 0.717) is 25.3 Å². The predicted octanol–water partition coefficient (Wildman–Crippen LogP) is 1.24. The van der Waals surface area contributed by atoms with E-state index in [1.54, 1.807) is 12.1 Å². The summed E-state index contributed by atoms with van der Waals surface area (Å²) in [4.78, 5) is 38.6. The third-order valence-corrected chi connectivity index (χ3v) is 8.79. The highest BCUT2D eigenvalue weighted by Crippen LogP contribution is 2.34. The Morgan fingerprint density at radius 1 is 1.11 bits per heavy atom. The van der Waals surface area contributed by atoms with Gasteiger partial charge in [0.05, 0.1) is 16.9 Å². The lowest BCUT2D eigenvalue weighted by molar-refractivity contribution is -0.129. The van der Waals surface area contributed by atoms with E-state index >= 15 is 0 Å². The molecule has 206 valence electrons. The zero-order valence-electron chi connectivity index (χ0n) is 21.1. The number of amides is 3. The van der Waals surface area contributed by atoms with Crippen LogP contribution in [0.2, 0.25) is 0 Å². The minimum Gasteiger partial charge on any atom is -0.465 e. The molecular weight excluding hydrogens is 510 g/mol. The van der Waals surface area contributed by atoms with Crippen LogP contribution in [-0.4, -0.2) is 74.6 Å². The fraction of sp³-hybridized carbons (Fsp3) is 0.500. The summed E-state index contributed by atoms with van der Waals surface area (Å²) in [5, 5.41) is 17.1. The molecule has 2 fully saturated rings. The van der Waals surface area contributed by atoms with Crippen molar-refractivity contribution < 1.29 is 27.9 Å². The van der Waals surface area contributed by atoms with Crippen LogP contribution in [0.15, 0.2) is 47.4 Å². The number of fused-ring (bicyclic) bond motifs is 1. The van der Waals surface area contributed by atoms with Crippen molar-refractivity contribution in [2.24, 2.45) is 17.6 Å². The standard InChI is InChI=1S/C26H35N5O6S/c27-11-9-19-15-22(19)30-25(33)21-6-3-13-31(26(34)35)23(21)16-28-24(32)10-12-29-38(36,37)20-8-7-17-4-1-2-5-18(17)14-20/h1-2,4-5,7-8,14,19,21-23,29H,3,6,9-13,15-16,27H2,(H,28,32)(H,30,33)(H,34,35)/t19?,21-,22?,23+/m0/s1. The topological polar surface area (TPSA) is 171 Å². The van der Waals surface area contributed by atoms with Crippen molar-refractivity contribution in [1.29, 1.82) is 0 Å². The van der Waals surface area contributed by atoms with Gasteiger partial charge in [-0.25, -0.2) is 17.9 Å². The average Bonchev–Trinajstić information content (AvgIpc) is 3.63. The number of sulfonamides is 1. The molecule has 0 radical (unpaired) electrons. The smallest absolute Gasteiger partial charge is 0.407 e. The van der Waals surface area contributed by atoms with Crippen LogP contribution >= 0.6 is 0 Å². The maximum atomic E-state index is 13.0. The van der Waals surface area contributed by atoms with Gasteiger partial charge in [0, 0.05) is 32.1 Å². The molecule has 4 rings (SSSR count). The first kappa shape index (κ1) is 27.8. The van der Waals surface area contributed by atoms with Crippen molar-refractivity contribution in [1.82, 2.24) is 20.3 Å². The van der Waals surface area contributed by atoms with Crippen LogP contribution < -0.4 is 21.1 Å². The zero-order valence-corrected chi connectivity index (χ0v) is 22.0. The van der Waals surface area contributed by atoms with Gasteiger partial charge in [0.15, 0.2) is 0 Å². The highest BCUT2D eigenvalue weighted by atomic mass is 32.2. The quantitative estimate of drug-likeness (QED) is 0.283. The molecule has 2 aliphatic rings. The Labute approximate surface area is 222 Å². The molecular formula is C26H35N5O6S. The molecule has 1 heterocycles. The Bertz CT molecular complexity index is 1290. The van der Waals surface area contributed by atoms with Crippen molar-refractivity contribution in [2.75, 3.05) is 26.2 Å². The summed E-state index contributed by atoms with van der Waals surface area (Å²) >= 11 is 0. The number of carbonyl (C=O) groups is 3. The summed E-state index contributed by atoms with van der Waals surface area (Å²) in [6.07, 6.45) is 1.51. The number of nitrogens with zero attached hydrogens (tertiary/aromatic N) is 1. The molecule has 6 N–H and O–H groups in total. The number of hydrogen-bond donors (Lipinski definition) is 5. The maximum absolute atomic E-state index is 13.0. The van der Waals surface area contributed by atoms with E-state index in [0.717, 1.165) is 23.6 Å². The summed E-state index contributed by atoms with van der Waals surface area (Å²) in [6, 6.07) is 11.6. The van der Waals surface area contributed by atoms with Crippen molar-refractivity contribution in [3.8, 4) is 0 Å². The fourth-order valence-electron chi connectivity index (χ4n) is 5.12. The Hall–Kier alpha value is -3.22. The minimum atomic E-state index is -3.81. The fourth-order valence-corrected chi connectivity index (χ4v) is 6.19. The number of hydrogen-bond acceptors (Lipinski definition) is 6. The number of nitrogens with one attached hydrogen (secondary N) is 3. The monoisotopic (exact) mass is 545 g/mol. The molecule has 3 amide bonds. The van der Waals surface area contributed by atoms with Crippen molar-refractivity contribution >= 4 is 38.7 Å². The molecule has 0 aromatic heterocycles. The number of nitrogens with two attached hydrogens (primary N) is 1. The molecule has 11 nitrogen and oxygen atoms in total. The van der Waals surface area contributed by atoms with Crippen LogP contribution in [0.4, 0.5) is 4.79 Å². The summed E-state index contributed by atoms with van der Waals surface area (Å²) in [6.45, 7) is 0.685. The second-order valence-electron chi connectivity index (χ2n) is 9.94. The Kier molecular flexibility index (Phi) is 8.85. The molecule has 1 saturated heterocycles. The molecule has 2 aromatic rings. The van der Waals surface area contributed by atoms with Crippen LogP contribution in [0.5, 0.6) is 0 Å². The van der Waals surface area contributed by atoms with E-state index in [1.165, 1.54) is 11.0 Å². The van der Waals surface area contributed by atoms with Gasteiger partial charge in [0.2, 0.25) is 21.8 Å². The van der Waals surface area contributed by atoms with E-state index in [4.69, 9.17) is 5.73 Å². The number of benzene rings is 2. The van der Waals surface area contributed by atoms with Gasteiger partial charge >= 0.3 is 6.09 Å². The molecule has 1 saturated carbocycles. The number of likely N-dealkylation sites (tertiary alicyclic amines) is 1. The molecule has 4 atom stereocenters. The Morgan fingerprint density at radius 3 is 2.61 bits per heavy atom. The molecule has 0 spiro atoms. The SMILES string of the molecule is NCCC1CC1NC(=O)[C@H]1CCCN(C(=O)O)[C@@H]1CNC(=O)CCNS(=O)(=O)c1ccc2ccccc2c1. The molecule has 1 aliphatic carbocycles. The lowest BCUT2D eigenvalue weighted by atomic mass is 9.88. The summed E-state index contributed by atoms with van der Waals surface area (Å²) in [5.41, 5.74) is 5.59. The largest absolute Gasteiger partial charge is 0.465 e. The van der Waals surface area contributed by atoms with Crippen molar-refractivity contribution in [3.05, 3.63) is 42.5 Å². The van der Waals surface area contributed by atoms with Gasteiger partial charge in [0.1, 0.15) is 0 Å². The highest BCUT2D eigenvalue weighted by Gasteiger charge is 2.43. The molecule has 0 bridgehead atoms. The third kappa shape index (κ3) is 6.80. The lowest BCUT2D eigenvalue weighted by Crippen LogP contribution is -2.57. The van der Waals surface area contributed by atoms with Gasteiger partial charge in [0.25, 0.3) is 0 Å². The van der Waals surface area contributed by atoms with Gasteiger partial charge < -0.3 is 26.4 Å². The van der Waals surface area contributed by atoms with Crippen LogP contribution in [0.25, 0.3) is 10.8 Å². The van der Waals surface area contributed by atoms with E-state index in [1.807, 2.05) is 24.3 Å². The van der Waals surface area contributed by atoms with Crippen molar-refractivity contribution in [3.63, 3.8) is 0 Å². The molecule has 12 heteroatoms. The highest BCUT2D eigenvalue weighted by molar-refractivity contribution is 7.89. The first-order valence-corrected chi connectivity index (χ1v) is 14.4. The summed E-state index contributed by atoms with van der Waals surface area (Å²) in [7, 11) is -3.81. The van der Waals surface area contributed by atoms with Gasteiger partial charge in [-0.3, -0.25) is 9.59 Å². The van der Waals surface area contributed by atoms with Crippen LogP contribution in [-0.2, 0) is 19.6 Å². The minimum absolute atomic E-state index is 0.0302. The van der Waals surface area contributed by atoms with E-state index in [2.05, 4.69) is 15.4 Å². The maximum Gasteiger partial charge on any atom is 0.407 e. The molecule has 2 unspecified atom stereocenters. The third-order valence-electron chi connectivity index (χ3n) is 7.33. The molecule has 1 aliphatic heterocycles. The van der Waals surface area contributed by atoms with Gasteiger partial charge in [-0.1, -0.05) is 30.3 Å². The Balaban J connectivity index is 1.30. The van der Waals surface area contributed by atoms with Crippen LogP contribution in [0.1, 0.15) is 32.1 Å². The first-order valence-electron chi connectivity index (χ1n) is 12.9. The number of rotatable bonds is 11. The van der Waals surface area contributed by atoms with Crippen LogP contribution in [0.3, 0.4) is 0 Å². The van der Waals surface area contributed by atoms with E-state index in [-0.39, 0.29) is 42.9 Å². The number of piperidine rings is 1. The Morgan fingerprint density at radius 2 is 1.87 bits per heavy atom. The second kappa shape index (κ2) is 12.1. The first-order chi connectivity index (χ1) is 18.2. The summed E-state index contributed by atoms with van der Waals surface area (Å²) < 4.78 is 27.8. The second-order valence-corrected chi connectivity index (χ2v) is 11.7. The zero-order chi connectivity index (χ0) is 27.3. The summed E-state index contributed by atoms with van der Waals surface area (Å²) in [5.74, 6) is -0.861. The predicted molar refractivity (Wildman–Crippen MR) is 142 cm³/mol. The van der Waals surface area contributed by atoms with E-state index < -0.39 is 34.0 Å². The van der Waals surface area contributed by atoms with Crippen LogP contribution in [0, 0.1) is 11.8 Å². The molecule has 2 aromatic carbocycles. The van der Waals surface area contributed by atoms with E-state index in [9.17, 15) is 27.9 Å². The average molecular weight is 546 g/mol. The van der Waals surface area contributed by atoms with Gasteiger partial charge in [-0.2, -0.15) is 0 Å². The van der Waals surface area contributed by atoms with Gasteiger partial charge in [-0.15, -0.1) is 0 Å². The lowest BCUT2D eigenvalue weighted by Gasteiger charge is -2.39.